The maximum Gasteiger partial charge on any atom is 0.161 e. The van der Waals surface area contributed by atoms with E-state index in [-0.39, 0.29) is 0 Å². The zero-order chi connectivity index (χ0) is 17.6. The fraction of sp³-hybridized carbons (Fsp3) is 0.0714. The Bertz CT molecular complexity index is 1110. The van der Waals surface area contributed by atoms with Crippen molar-refractivity contribution in [3.63, 3.8) is 0 Å². The predicted molar refractivity (Wildman–Crippen MR) is 100 cm³/mol. The third-order valence-electron chi connectivity index (χ3n) is 3.43. The SMILES string of the molecule is Nc1ncnc2[nH]nc(SCc3nc4cc(Cl)c(Cl)cc4nc3Cl)c12. The molecule has 7 nitrogen and oxygen atoms in total. The molecular formula is C14H8Cl3N7S. The second kappa shape index (κ2) is 6.45. The molecule has 0 saturated carbocycles. The van der Waals surface area contributed by atoms with E-state index in [9.17, 15) is 0 Å². The first-order valence-corrected chi connectivity index (χ1v) is 9.03. The molecule has 0 aliphatic carbocycles. The highest BCUT2D eigenvalue weighted by Gasteiger charge is 2.14. The molecule has 126 valence electrons. The van der Waals surface area contributed by atoms with E-state index in [2.05, 4.69) is 30.1 Å². The highest BCUT2D eigenvalue weighted by molar-refractivity contribution is 7.98. The molecule has 1 aromatic carbocycles. The minimum absolute atomic E-state index is 0.294. The minimum atomic E-state index is 0.294. The van der Waals surface area contributed by atoms with Crippen molar-refractivity contribution in [2.24, 2.45) is 0 Å². The quantitative estimate of drug-likeness (QED) is 0.487. The van der Waals surface area contributed by atoms with Crippen LogP contribution in [0, 0.1) is 0 Å². The number of anilines is 1. The monoisotopic (exact) mass is 411 g/mol. The van der Waals surface area contributed by atoms with Gasteiger partial charge in [0.2, 0.25) is 0 Å². The summed E-state index contributed by atoms with van der Waals surface area (Å²) in [5.41, 5.74) is 8.27. The molecule has 3 heterocycles. The Labute approximate surface area is 160 Å². The van der Waals surface area contributed by atoms with Crippen LogP contribution in [0.5, 0.6) is 0 Å². The number of hydrogen-bond donors (Lipinski definition) is 2. The molecule has 0 bridgehead atoms. The Morgan fingerprint density at radius 1 is 1.04 bits per heavy atom. The van der Waals surface area contributed by atoms with E-state index < -0.39 is 0 Å². The number of nitrogens with two attached hydrogens (primary N) is 1. The zero-order valence-electron chi connectivity index (χ0n) is 12.3. The van der Waals surface area contributed by atoms with Crippen LogP contribution in [0.4, 0.5) is 5.82 Å². The number of fused-ring (bicyclic) bond motifs is 2. The molecule has 0 fully saturated rings. The maximum absolute atomic E-state index is 6.24. The van der Waals surface area contributed by atoms with Crippen LogP contribution in [0.3, 0.4) is 0 Å². The smallest absolute Gasteiger partial charge is 0.161 e. The molecule has 0 aliphatic rings. The van der Waals surface area contributed by atoms with Crippen LogP contribution in [0.25, 0.3) is 22.1 Å². The van der Waals surface area contributed by atoms with Crippen molar-refractivity contribution in [2.45, 2.75) is 10.8 Å². The topological polar surface area (TPSA) is 106 Å². The summed E-state index contributed by atoms with van der Waals surface area (Å²) in [6.07, 6.45) is 1.38. The van der Waals surface area contributed by atoms with E-state index in [4.69, 9.17) is 40.5 Å². The van der Waals surface area contributed by atoms with Gasteiger partial charge < -0.3 is 5.73 Å². The Kier molecular flexibility index (Phi) is 4.28. The van der Waals surface area contributed by atoms with Gasteiger partial charge in [-0.25, -0.2) is 19.9 Å². The summed E-state index contributed by atoms with van der Waals surface area (Å²) in [5.74, 6) is 0.800. The highest BCUT2D eigenvalue weighted by atomic mass is 35.5. The molecule has 0 radical (unpaired) electrons. The van der Waals surface area contributed by atoms with Gasteiger partial charge in [-0.1, -0.05) is 46.6 Å². The van der Waals surface area contributed by atoms with E-state index in [1.165, 1.54) is 18.1 Å². The first-order chi connectivity index (χ1) is 12.0. The number of thioether (sulfide) groups is 1. The number of nitrogens with zero attached hydrogens (tertiary/aromatic N) is 5. The zero-order valence-corrected chi connectivity index (χ0v) is 15.4. The molecule has 11 heteroatoms. The van der Waals surface area contributed by atoms with Crippen LogP contribution < -0.4 is 5.73 Å². The lowest BCUT2D eigenvalue weighted by Gasteiger charge is -2.06. The van der Waals surface area contributed by atoms with Crippen molar-refractivity contribution in [2.75, 3.05) is 5.73 Å². The van der Waals surface area contributed by atoms with E-state index in [0.717, 1.165) is 0 Å². The molecule has 0 unspecified atom stereocenters. The van der Waals surface area contributed by atoms with Gasteiger partial charge in [-0.3, -0.25) is 5.10 Å². The van der Waals surface area contributed by atoms with Gasteiger partial charge in [-0.2, -0.15) is 5.10 Å². The van der Waals surface area contributed by atoms with Gasteiger partial charge >= 0.3 is 0 Å². The molecule has 3 aromatic heterocycles. The van der Waals surface area contributed by atoms with Gasteiger partial charge in [0, 0.05) is 5.75 Å². The summed E-state index contributed by atoms with van der Waals surface area (Å²) < 4.78 is 0. The number of H-pyrrole nitrogens is 1. The van der Waals surface area contributed by atoms with Crippen molar-refractivity contribution >= 4 is 74.4 Å². The fourth-order valence-corrected chi connectivity index (χ4v) is 3.78. The van der Waals surface area contributed by atoms with Crippen LogP contribution in [-0.2, 0) is 5.75 Å². The van der Waals surface area contributed by atoms with Gasteiger partial charge in [0.1, 0.15) is 17.2 Å². The Morgan fingerprint density at radius 2 is 1.76 bits per heavy atom. The summed E-state index contributed by atoms with van der Waals surface area (Å²) in [5, 5.41) is 9.48. The molecule has 0 spiro atoms. The molecule has 0 aliphatic heterocycles. The normalized spacial score (nSPS) is 11.5. The molecule has 4 rings (SSSR count). The van der Waals surface area contributed by atoms with E-state index in [0.29, 0.717) is 59.6 Å². The average Bonchev–Trinajstić information content (AvgIpc) is 2.99. The van der Waals surface area contributed by atoms with Gasteiger partial charge in [-0.05, 0) is 12.1 Å². The van der Waals surface area contributed by atoms with E-state index in [1.807, 2.05) is 0 Å². The Hall–Kier alpha value is -1.87. The number of aromatic nitrogens is 6. The Morgan fingerprint density at radius 3 is 2.52 bits per heavy atom. The summed E-state index contributed by atoms with van der Waals surface area (Å²) in [4.78, 5) is 16.9. The van der Waals surface area contributed by atoms with Crippen molar-refractivity contribution in [3.05, 3.63) is 39.4 Å². The fourth-order valence-electron chi connectivity index (χ4n) is 2.25. The number of aromatic amines is 1. The lowest BCUT2D eigenvalue weighted by Crippen LogP contribution is -1.95. The molecule has 0 amide bonds. The third kappa shape index (κ3) is 3.06. The molecule has 0 saturated heterocycles. The maximum atomic E-state index is 6.24. The molecule has 25 heavy (non-hydrogen) atoms. The van der Waals surface area contributed by atoms with Crippen LogP contribution in [0.15, 0.2) is 23.5 Å². The standard InChI is InChI=1S/C14H8Cl3N7S/c15-5-1-7-8(2-6(5)16)22-11(17)9(21-7)3-25-14-10-12(18)19-4-20-13(10)23-24-14/h1-2,4H,3H2,(H3,18,19,20,23,24). The van der Waals surface area contributed by atoms with Crippen molar-refractivity contribution in [1.29, 1.82) is 0 Å². The average molecular weight is 413 g/mol. The lowest BCUT2D eigenvalue weighted by molar-refractivity contribution is 1.01. The van der Waals surface area contributed by atoms with Crippen LogP contribution in [0.1, 0.15) is 5.69 Å². The molecule has 0 atom stereocenters. The summed E-state index contributed by atoms with van der Waals surface area (Å²) in [7, 11) is 0. The van der Waals surface area contributed by atoms with Gasteiger partial charge in [0.05, 0.1) is 32.2 Å². The number of hydrogen-bond acceptors (Lipinski definition) is 7. The third-order valence-corrected chi connectivity index (χ3v) is 5.44. The van der Waals surface area contributed by atoms with Crippen LogP contribution >= 0.6 is 46.6 Å². The summed E-state index contributed by atoms with van der Waals surface area (Å²) in [6, 6.07) is 3.29. The molecule has 3 N–H and O–H groups in total. The Balaban J connectivity index is 1.68. The molecule has 4 aromatic rings. The minimum Gasteiger partial charge on any atom is -0.383 e. The second-order valence-corrected chi connectivity index (χ2v) is 7.15. The largest absolute Gasteiger partial charge is 0.383 e. The lowest BCUT2D eigenvalue weighted by atomic mass is 10.3. The van der Waals surface area contributed by atoms with Gasteiger partial charge in [-0.15, -0.1) is 0 Å². The van der Waals surface area contributed by atoms with Crippen molar-refractivity contribution < 1.29 is 0 Å². The number of halogens is 3. The number of nitrogen functional groups attached to an aromatic ring is 1. The van der Waals surface area contributed by atoms with Gasteiger partial charge in [0.25, 0.3) is 0 Å². The molecular weight excluding hydrogens is 405 g/mol. The second-order valence-electron chi connectivity index (χ2n) is 5.02. The van der Waals surface area contributed by atoms with Crippen LogP contribution in [0.2, 0.25) is 15.2 Å². The van der Waals surface area contributed by atoms with E-state index in [1.54, 1.807) is 12.1 Å². The number of rotatable bonds is 3. The predicted octanol–water partition coefficient (Wildman–Crippen LogP) is 4.13. The van der Waals surface area contributed by atoms with Crippen LogP contribution in [-0.4, -0.2) is 30.1 Å². The summed E-state index contributed by atoms with van der Waals surface area (Å²) >= 11 is 19.7. The highest BCUT2D eigenvalue weighted by Crippen LogP contribution is 2.32. The van der Waals surface area contributed by atoms with Gasteiger partial charge in [0.15, 0.2) is 10.8 Å². The first-order valence-electron chi connectivity index (χ1n) is 6.91. The summed E-state index contributed by atoms with van der Waals surface area (Å²) in [6.45, 7) is 0. The first kappa shape index (κ1) is 16.6. The number of benzene rings is 1. The van der Waals surface area contributed by atoms with E-state index >= 15 is 0 Å². The van der Waals surface area contributed by atoms with Crippen molar-refractivity contribution in [1.82, 2.24) is 30.1 Å². The number of nitrogens with one attached hydrogen (secondary N) is 1. The van der Waals surface area contributed by atoms with Crippen molar-refractivity contribution in [3.8, 4) is 0 Å².